The summed E-state index contributed by atoms with van der Waals surface area (Å²) in [6, 6.07) is 0. The normalized spacial score (nSPS) is 9.70. The first-order valence-corrected chi connectivity index (χ1v) is 3.72. The number of amides is 1. The van der Waals surface area contributed by atoms with Gasteiger partial charge in [-0.15, -0.1) is 5.10 Å². The third kappa shape index (κ3) is 1.27. The van der Waals surface area contributed by atoms with E-state index in [1.807, 2.05) is 6.26 Å². The molecular formula is C4H6N4OS. The van der Waals surface area contributed by atoms with E-state index < -0.39 is 5.91 Å². The third-order valence-corrected chi connectivity index (χ3v) is 1.43. The summed E-state index contributed by atoms with van der Waals surface area (Å²) < 4.78 is 0. The number of thioether (sulfide) groups is 1. The zero-order valence-corrected chi connectivity index (χ0v) is 6.10. The molecule has 0 spiro atoms. The molecule has 1 aromatic rings. The molecule has 54 valence electrons. The Kier molecular flexibility index (Phi) is 1.91. The van der Waals surface area contributed by atoms with Crippen LogP contribution in [0.25, 0.3) is 0 Å². The highest BCUT2D eigenvalue weighted by atomic mass is 32.2. The highest BCUT2D eigenvalue weighted by Crippen LogP contribution is 2.05. The SMILES string of the molecule is CSc1n[nH]c(C(N)=O)n1. The van der Waals surface area contributed by atoms with Gasteiger partial charge in [-0.1, -0.05) is 11.8 Å². The minimum atomic E-state index is -0.590. The van der Waals surface area contributed by atoms with Crippen LogP contribution in [-0.2, 0) is 0 Å². The van der Waals surface area contributed by atoms with Crippen molar-refractivity contribution < 1.29 is 4.79 Å². The van der Waals surface area contributed by atoms with Gasteiger partial charge in [0.1, 0.15) is 0 Å². The fourth-order valence-corrected chi connectivity index (χ4v) is 0.767. The van der Waals surface area contributed by atoms with Crippen LogP contribution >= 0.6 is 11.8 Å². The lowest BCUT2D eigenvalue weighted by Crippen LogP contribution is -2.12. The second-order valence-corrected chi connectivity index (χ2v) is 2.31. The van der Waals surface area contributed by atoms with Crippen molar-refractivity contribution in [3.8, 4) is 0 Å². The molecule has 5 nitrogen and oxygen atoms in total. The molecule has 0 bridgehead atoms. The number of primary amides is 1. The summed E-state index contributed by atoms with van der Waals surface area (Å²) in [5.41, 5.74) is 4.90. The lowest BCUT2D eigenvalue weighted by Gasteiger charge is -1.80. The van der Waals surface area contributed by atoms with Crippen LogP contribution in [0.2, 0.25) is 0 Å². The molecule has 1 aromatic heterocycles. The van der Waals surface area contributed by atoms with Crippen LogP contribution in [0.3, 0.4) is 0 Å². The van der Waals surface area contributed by atoms with Gasteiger partial charge in [-0.25, -0.2) is 0 Å². The second-order valence-electron chi connectivity index (χ2n) is 1.53. The fourth-order valence-electron chi connectivity index (χ4n) is 0.448. The van der Waals surface area contributed by atoms with Crippen molar-refractivity contribution in [2.75, 3.05) is 6.26 Å². The number of nitrogens with zero attached hydrogens (tertiary/aromatic N) is 2. The van der Waals surface area contributed by atoms with Gasteiger partial charge in [-0.05, 0) is 6.26 Å². The van der Waals surface area contributed by atoms with Crippen molar-refractivity contribution in [1.82, 2.24) is 15.2 Å². The zero-order chi connectivity index (χ0) is 7.56. The van der Waals surface area contributed by atoms with Crippen LogP contribution < -0.4 is 5.73 Å². The molecule has 0 atom stereocenters. The average molecular weight is 158 g/mol. The number of hydrogen-bond acceptors (Lipinski definition) is 4. The Morgan fingerprint density at radius 3 is 2.80 bits per heavy atom. The lowest BCUT2D eigenvalue weighted by atomic mass is 10.6. The molecule has 0 aliphatic carbocycles. The summed E-state index contributed by atoms with van der Waals surface area (Å²) in [6.07, 6.45) is 1.81. The van der Waals surface area contributed by atoms with Crippen LogP contribution in [0.5, 0.6) is 0 Å². The molecule has 6 heteroatoms. The van der Waals surface area contributed by atoms with E-state index in [0.29, 0.717) is 5.16 Å². The van der Waals surface area contributed by atoms with E-state index in [0.717, 1.165) is 0 Å². The number of carbonyl (C=O) groups is 1. The molecule has 0 saturated carbocycles. The fraction of sp³-hybridized carbons (Fsp3) is 0.250. The first kappa shape index (κ1) is 7.07. The molecule has 0 aliphatic heterocycles. The second kappa shape index (κ2) is 2.70. The molecule has 0 aromatic carbocycles. The van der Waals surface area contributed by atoms with Gasteiger partial charge in [0.25, 0.3) is 5.91 Å². The van der Waals surface area contributed by atoms with Crippen LogP contribution in [0, 0.1) is 0 Å². The van der Waals surface area contributed by atoms with E-state index >= 15 is 0 Å². The quantitative estimate of drug-likeness (QED) is 0.575. The number of carbonyl (C=O) groups excluding carboxylic acids is 1. The average Bonchev–Trinajstić information content (AvgIpc) is 2.34. The predicted molar refractivity (Wildman–Crippen MR) is 36.7 cm³/mol. The Hall–Kier alpha value is -1.04. The number of hydrogen-bond donors (Lipinski definition) is 2. The highest BCUT2D eigenvalue weighted by molar-refractivity contribution is 7.98. The number of rotatable bonds is 2. The number of H-pyrrole nitrogens is 1. The standard InChI is InChI=1S/C4H6N4OS/c1-10-4-6-3(2(5)9)7-8-4/h1H3,(H2,5,9)(H,6,7,8). The Morgan fingerprint density at radius 1 is 1.80 bits per heavy atom. The van der Waals surface area contributed by atoms with Crippen LogP contribution in [0.1, 0.15) is 10.6 Å². The molecule has 0 unspecified atom stereocenters. The largest absolute Gasteiger partial charge is 0.363 e. The van der Waals surface area contributed by atoms with Gasteiger partial charge in [-0.2, -0.15) is 4.98 Å². The lowest BCUT2D eigenvalue weighted by molar-refractivity contribution is 0.0990. The van der Waals surface area contributed by atoms with E-state index in [1.165, 1.54) is 11.8 Å². The zero-order valence-electron chi connectivity index (χ0n) is 5.29. The number of nitrogens with one attached hydrogen (secondary N) is 1. The maximum atomic E-state index is 10.4. The Morgan fingerprint density at radius 2 is 2.50 bits per heavy atom. The summed E-state index contributed by atoms with van der Waals surface area (Å²) in [5, 5.41) is 6.60. The molecule has 3 N–H and O–H groups in total. The Balaban J connectivity index is 2.88. The first-order chi connectivity index (χ1) is 4.74. The van der Waals surface area contributed by atoms with Gasteiger partial charge in [0.05, 0.1) is 0 Å². The topological polar surface area (TPSA) is 84.7 Å². The van der Waals surface area contributed by atoms with Gasteiger partial charge >= 0.3 is 0 Å². The van der Waals surface area contributed by atoms with Gasteiger partial charge in [0.2, 0.25) is 11.0 Å². The van der Waals surface area contributed by atoms with E-state index in [2.05, 4.69) is 15.2 Å². The molecule has 10 heavy (non-hydrogen) atoms. The van der Waals surface area contributed by atoms with Crippen molar-refractivity contribution in [3.05, 3.63) is 5.82 Å². The van der Waals surface area contributed by atoms with Crippen LogP contribution in [0.4, 0.5) is 0 Å². The maximum Gasteiger partial charge on any atom is 0.286 e. The number of aromatic amines is 1. The predicted octanol–water partition coefficient (Wildman–Crippen LogP) is -0.375. The van der Waals surface area contributed by atoms with E-state index in [1.54, 1.807) is 0 Å². The number of nitrogens with two attached hydrogens (primary N) is 1. The van der Waals surface area contributed by atoms with E-state index in [4.69, 9.17) is 5.73 Å². The number of aromatic nitrogens is 3. The van der Waals surface area contributed by atoms with E-state index in [-0.39, 0.29) is 5.82 Å². The first-order valence-electron chi connectivity index (χ1n) is 2.50. The molecule has 0 saturated heterocycles. The summed E-state index contributed by atoms with van der Waals surface area (Å²) >= 11 is 1.35. The minimum Gasteiger partial charge on any atom is -0.363 e. The monoisotopic (exact) mass is 158 g/mol. The summed E-state index contributed by atoms with van der Waals surface area (Å²) in [6.45, 7) is 0. The van der Waals surface area contributed by atoms with E-state index in [9.17, 15) is 4.79 Å². The van der Waals surface area contributed by atoms with Crippen LogP contribution in [-0.4, -0.2) is 27.3 Å². The molecule has 0 fully saturated rings. The van der Waals surface area contributed by atoms with Gasteiger partial charge in [0.15, 0.2) is 0 Å². The molecular weight excluding hydrogens is 152 g/mol. The van der Waals surface area contributed by atoms with Gasteiger partial charge in [0, 0.05) is 0 Å². The summed E-state index contributed by atoms with van der Waals surface area (Å²) in [4.78, 5) is 14.2. The molecule has 0 radical (unpaired) electrons. The molecule has 1 rings (SSSR count). The highest BCUT2D eigenvalue weighted by Gasteiger charge is 2.05. The van der Waals surface area contributed by atoms with Crippen molar-refractivity contribution in [1.29, 1.82) is 0 Å². The van der Waals surface area contributed by atoms with Crippen molar-refractivity contribution in [2.45, 2.75) is 5.16 Å². The maximum absolute atomic E-state index is 10.4. The molecule has 1 amide bonds. The minimum absolute atomic E-state index is 0.101. The van der Waals surface area contributed by atoms with Crippen molar-refractivity contribution in [2.24, 2.45) is 5.73 Å². The third-order valence-electron chi connectivity index (χ3n) is 0.881. The molecule has 0 aliphatic rings. The summed E-state index contributed by atoms with van der Waals surface area (Å²) in [7, 11) is 0. The van der Waals surface area contributed by atoms with Crippen molar-refractivity contribution >= 4 is 17.7 Å². The van der Waals surface area contributed by atoms with Crippen molar-refractivity contribution in [3.63, 3.8) is 0 Å². The summed E-state index contributed by atoms with van der Waals surface area (Å²) in [5.74, 6) is -0.489. The van der Waals surface area contributed by atoms with Gasteiger partial charge < -0.3 is 5.73 Å². The Labute approximate surface area is 61.4 Å². The molecule has 1 heterocycles. The smallest absolute Gasteiger partial charge is 0.286 e. The van der Waals surface area contributed by atoms with Gasteiger partial charge in [-0.3, -0.25) is 9.89 Å². The Bertz CT molecular complexity index is 245. The van der Waals surface area contributed by atoms with Crippen LogP contribution in [0.15, 0.2) is 5.16 Å².